The van der Waals surface area contributed by atoms with E-state index in [4.69, 9.17) is 0 Å². The van der Waals surface area contributed by atoms with E-state index >= 15 is 0 Å². The highest BCUT2D eigenvalue weighted by Gasteiger charge is 2.34. The molecule has 1 aliphatic carbocycles. The van der Waals surface area contributed by atoms with Crippen LogP contribution in [-0.4, -0.2) is 43.7 Å². The summed E-state index contributed by atoms with van der Waals surface area (Å²) in [7, 11) is -1.80. The quantitative estimate of drug-likeness (QED) is 0.670. The predicted molar refractivity (Wildman–Crippen MR) is 122 cm³/mol. The number of carbonyl (C=O) groups excluding carboxylic acids is 1. The van der Waals surface area contributed by atoms with Gasteiger partial charge in [0, 0.05) is 26.1 Å². The van der Waals surface area contributed by atoms with Crippen LogP contribution < -0.4 is 0 Å². The molecule has 1 unspecified atom stereocenters. The van der Waals surface area contributed by atoms with Crippen LogP contribution in [0.3, 0.4) is 0 Å². The van der Waals surface area contributed by atoms with Crippen LogP contribution in [0.25, 0.3) is 0 Å². The first-order chi connectivity index (χ1) is 15.3. The molecule has 32 heavy (non-hydrogen) atoms. The zero-order valence-electron chi connectivity index (χ0n) is 18.8. The van der Waals surface area contributed by atoms with E-state index < -0.39 is 10.0 Å². The van der Waals surface area contributed by atoms with Gasteiger partial charge in [0.25, 0.3) is 0 Å². The predicted octanol–water partition coefficient (Wildman–Crippen LogP) is 4.32. The fourth-order valence-corrected chi connectivity index (χ4v) is 6.33. The van der Waals surface area contributed by atoms with Crippen molar-refractivity contribution >= 4 is 15.9 Å². The third-order valence-corrected chi connectivity index (χ3v) is 8.94. The summed E-state index contributed by atoms with van der Waals surface area (Å²) in [4.78, 5) is 15.1. The van der Waals surface area contributed by atoms with Crippen molar-refractivity contribution in [2.45, 2.75) is 56.4 Å². The van der Waals surface area contributed by atoms with Gasteiger partial charge in [-0.25, -0.2) is 12.8 Å². The molecular weight excluding hydrogens is 427 g/mol. The number of amides is 1. The Morgan fingerprint density at radius 2 is 1.66 bits per heavy atom. The third kappa shape index (κ3) is 4.59. The Morgan fingerprint density at radius 3 is 2.31 bits per heavy atom. The minimum atomic E-state index is -3.56. The Morgan fingerprint density at radius 1 is 1.03 bits per heavy atom. The van der Waals surface area contributed by atoms with Crippen LogP contribution in [0.1, 0.15) is 55.3 Å². The van der Waals surface area contributed by atoms with Crippen molar-refractivity contribution in [3.63, 3.8) is 0 Å². The molecule has 1 atom stereocenters. The number of hydrogen-bond acceptors (Lipinski definition) is 3. The number of fused-ring (bicyclic) bond motifs is 1. The number of aryl methyl sites for hydroxylation is 2. The summed E-state index contributed by atoms with van der Waals surface area (Å²) < 4.78 is 41.1. The molecule has 1 heterocycles. The van der Waals surface area contributed by atoms with E-state index in [-0.39, 0.29) is 23.7 Å². The van der Waals surface area contributed by atoms with Crippen LogP contribution in [0.15, 0.2) is 47.4 Å². The lowest BCUT2D eigenvalue weighted by Gasteiger charge is -2.34. The van der Waals surface area contributed by atoms with Crippen LogP contribution in [-0.2, 0) is 27.7 Å². The van der Waals surface area contributed by atoms with Gasteiger partial charge in [-0.1, -0.05) is 18.2 Å². The molecule has 1 amide bonds. The van der Waals surface area contributed by atoms with Crippen molar-refractivity contribution in [1.82, 2.24) is 9.21 Å². The third-order valence-electron chi connectivity index (χ3n) is 7.04. The summed E-state index contributed by atoms with van der Waals surface area (Å²) in [5.74, 6) is -0.507. The monoisotopic (exact) mass is 458 g/mol. The number of sulfonamides is 1. The van der Waals surface area contributed by atoms with E-state index in [1.165, 1.54) is 22.0 Å². The molecule has 0 radical (unpaired) electrons. The molecule has 7 heteroatoms. The zero-order chi connectivity index (χ0) is 22.9. The molecule has 4 rings (SSSR count). The molecule has 0 spiro atoms. The van der Waals surface area contributed by atoms with Crippen LogP contribution in [0, 0.1) is 11.7 Å². The lowest BCUT2D eigenvalue weighted by Crippen LogP contribution is -2.44. The van der Waals surface area contributed by atoms with Crippen LogP contribution in [0.5, 0.6) is 0 Å². The van der Waals surface area contributed by atoms with Gasteiger partial charge in [-0.2, -0.15) is 4.31 Å². The average molecular weight is 459 g/mol. The number of nitrogens with zero attached hydrogens (tertiary/aromatic N) is 2. The normalized spacial score (nSPS) is 18.7. The van der Waals surface area contributed by atoms with Crippen LogP contribution >= 0.6 is 0 Å². The fourth-order valence-electron chi connectivity index (χ4n) is 4.81. The molecule has 1 saturated heterocycles. The summed E-state index contributed by atoms with van der Waals surface area (Å²) in [6, 6.07) is 11.5. The molecule has 2 aromatic carbocycles. The molecule has 2 aliphatic rings. The van der Waals surface area contributed by atoms with Crippen molar-refractivity contribution in [2.75, 3.05) is 20.1 Å². The van der Waals surface area contributed by atoms with Crippen molar-refractivity contribution in [3.05, 3.63) is 65.0 Å². The van der Waals surface area contributed by atoms with Gasteiger partial charge in [-0.15, -0.1) is 0 Å². The van der Waals surface area contributed by atoms with E-state index in [1.54, 1.807) is 30.1 Å². The molecular formula is C25H31FN2O3S. The molecule has 5 nitrogen and oxygen atoms in total. The number of halogens is 1. The topological polar surface area (TPSA) is 57.7 Å². The van der Waals surface area contributed by atoms with Gasteiger partial charge in [-0.05, 0) is 86.4 Å². The van der Waals surface area contributed by atoms with Gasteiger partial charge in [0.15, 0.2) is 0 Å². The number of piperidine rings is 1. The Hall–Kier alpha value is -2.25. The first-order valence-corrected chi connectivity index (χ1v) is 12.9. The van der Waals surface area contributed by atoms with E-state index in [2.05, 4.69) is 0 Å². The Balaban J connectivity index is 1.40. The minimum Gasteiger partial charge on any atom is -0.339 e. The molecule has 1 fully saturated rings. The average Bonchev–Trinajstić information content (AvgIpc) is 2.83. The van der Waals surface area contributed by atoms with Crippen molar-refractivity contribution < 1.29 is 17.6 Å². The lowest BCUT2D eigenvalue weighted by molar-refractivity contribution is -0.137. The summed E-state index contributed by atoms with van der Waals surface area (Å²) >= 11 is 0. The highest BCUT2D eigenvalue weighted by molar-refractivity contribution is 7.89. The maximum Gasteiger partial charge on any atom is 0.243 e. The minimum absolute atomic E-state index is 0.00709. The zero-order valence-corrected chi connectivity index (χ0v) is 19.6. The largest absolute Gasteiger partial charge is 0.339 e. The van der Waals surface area contributed by atoms with Crippen LogP contribution in [0.4, 0.5) is 4.39 Å². The van der Waals surface area contributed by atoms with Crippen LogP contribution in [0.2, 0.25) is 0 Å². The van der Waals surface area contributed by atoms with Gasteiger partial charge in [0.1, 0.15) is 5.82 Å². The second kappa shape index (κ2) is 9.32. The first kappa shape index (κ1) is 22.9. The summed E-state index contributed by atoms with van der Waals surface area (Å²) in [5.41, 5.74) is 3.28. The Kier molecular flexibility index (Phi) is 6.67. The molecule has 1 aliphatic heterocycles. The molecule has 0 aromatic heterocycles. The van der Waals surface area contributed by atoms with Gasteiger partial charge < -0.3 is 4.90 Å². The molecule has 0 bridgehead atoms. The second-order valence-corrected chi connectivity index (χ2v) is 10.9. The highest BCUT2D eigenvalue weighted by atomic mass is 32.2. The summed E-state index contributed by atoms with van der Waals surface area (Å²) in [6.45, 7) is 2.60. The maximum atomic E-state index is 13.2. The lowest BCUT2D eigenvalue weighted by atomic mass is 9.92. The van der Waals surface area contributed by atoms with Gasteiger partial charge in [0.2, 0.25) is 15.9 Å². The maximum absolute atomic E-state index is 13.2. The second-order valence-electron chi connectivity index (χ2n) is 8.99. The summed E-state index contributed by atoms with van der Waals surface area (Å²) in [6.07, 6.45) is 5.23. The van der Waals surface area contributed by atoms with E-state index in [9.17, 15) is 17.6 Å². The fraction of sp³-hybridized carbons (Fsp3) is 0.480. The summed E-state index contributed by atoms with van der Waals surface area (Å²) in [5, 5.41) is 0. The van der Waals surface area contributed by atoms with E-state index in [1.807, 2.05) is 19.1 Å². The molecule has 0 N–H and O–H groups in total. The molecule has 2 aromatic rings. The smallest absolute Gasteiger partial charge is 0.243 e. The highest BCUT2D eigenvalue weighted by Crippen LogP contribution is 2.30. The van der Waals surface area contributed by atoms with Gasteiger partial charge >= 0.3 is 0 Å². The SMILES string of the molecule is CC(c1ccc(F)cc1)N(C)C(=O)C1CCN(S(=O)(=O)c2ccc3c(c2)CCCC3)CC1. The standard InChI is InChI=1S/C25H31FN2O3S/c1-18(19-7-10-23(26)11-8-19)27(2)25(29)21-13-15-28(16-14-21)32(30,31)24-12-9-20-5-3-4-6-22(20)17-24/h7-12,17-18,21H,3-6,13-16H2,1-2H3. The molecule has 172 valence electrons. The van der Waals surface area contributed by atoms with E-state index in [0.717, 1.165) is 36.8 Å². The Labute approximate surface area is 190 Å². The number of benzene rings is 2. The van der Waals surface area contributed by atoms with Crippen molar-refractivity contribution in [1.29, 1.82) is 0 Å². The van der Waals surface area contributed by atoms with E-state index in [0.29, 0.717) is 30.8 Å². The number of rotatable bonds is 5. The first-order valence-electron chi connectivity index (χ1n) is 11.4. The van der Waals surface area contributed by atoms with Gasteiger partial charge in [0.05, 0.1) is 10.9 Å². The van der Waals surface area contributed by atoms with Crippen molar-refractivity contribution in [3.8, 4) is 0 Å². The number of hydrogen-bond donors (Lipinski definition) is 0. The van der Waals surface area contributed by atoms with Crippen molar-refractivity contribution in [2.24, 2.45) is 5.92 Å². The van der Waals surface area contributed by atoms with Gasteiger partial charge in [-0.3, -0.25) is 4.79 Å². The number of carbonyl (C=O) groups is 1. The Bertz CT molecular complexity index is 1080. The molecule has 0 saturated carbocycles.